The first-order valence-corrected chi connectivity index (χ1v) is 6.82. The van der Waals surface area contributed by atoms with Crippen molar-refractivity contribution in [3.05, 3.63) is 42.7 Å². The molecule has 0 saturated carbocycles. The van der Waals surface area contributed by atoms with Crippen LogP contribution in [0.5, 0.6) is 0 Å². The second kappa shape index (κ2) is 8.72. The first-order chi connectivity index (χ1) is 8.72. The van der Waals surface area contributed by atoms with E-state index in [-0.39, 0.29) is 18.3 Å². The van der Waals surface area contributed by atoms with Gasteiger partial charge in [0.15, 0.2) is 0 Å². The van der Waals surface area contributed by atoms with E-state index in [4.69, 9.17) is 0 Å². The fraction of sp³-hybridized carbons (Fsp3) is 0.308. The van der Waals surface area contributed by atoms with Crippen LogP contribution in [0.15, 0.2) is 36.9 Å². The van der Waals surface area contributed by atoms with Gasteiger partial charge in [0.2, 0.25) is 5.91 Å². The number of hydrogen-bond acceptors (Lipinski definition) is 3. The van der Waals surface area contributed by atoms with E-state index in [1.165, 1.54) is 24.3 Å². The zero-order valence-electron chi connectivity index (χ0n) is 10.1. The van der Waals surface area contributed by atoms with Crippen LogP contribution < -0.4 is 10.6 Å². The van der Waals surface area contributed by atoms with E-state index in [0.29, 0.717) is 5.69 Å². The number of carbonyl (C=O) groups excluding carboxylic acids is 1. The van der Waals surface area contributed by atoms with Crippen LogP contribution in [0.25, 0.3) is 0 Å². The molecule has 0 spiro atoms. The van der Waals surface area contributed by atoms with Gasteiger partial charge in [0, 0.05) is 23.7 Å². The largest absolute Gasteiger partial charge is 0.325 e. The Balaban J connectivity index is 2.14. The van der Waals surface area contributed by atoms with Crippen molar-refractivity contribution in [1.29, 1.82) is 0 Å². The molecule has 18 heavy (non-hydrogen) atoms. The van der Waals surface area contributed by atoms with E-state index in [2.05, 4.69) is 17.2 Å². The number of benzene rings is 1. The standard InChI is InChI=1S/C13H17FN2OS/c1-2-8-18-9-7-15-10-13(17)16-12-5-3-11(14)4-6-12/h2-6,15H,1,7-10H2,(H,16,17). The molecule has 0 heterocycles. The molecule has 0 radical (unpaired) electrons. The molecular weight excluding hydrogens is 251 g/mol. The highest BCUT2D eigenvalue weighted by molar-refractivity contribution is 7.99. The smallest absolute Gasteiger partial charge is 0.238 e. The first kappa shape index (κ1) is 14.7. The third-order valence-corrected chi connectivity index (χ3v) is 3.04. The predicted molar refractivity (Wildman–Crippen MR) is 75.4 cm³/mol. The monoisotopic (exact) mass is 268 g/mol. The van der Waals surface area contributed by atoms with E-state index < -0.39 is 0 Å². The van der Waals surface area contributed by atoms with Crippen molar-refractivity contribution in [2.75, 3.05) is 29.9 Å². The molecule has 1 amide bonds. The Hall–Kier alpha value is -1.33. The molecule has 0 aliphatic heterocycles. The molecule has 0 aliphatic rings. The predicted octanol–water partition coefficient (Wildman–Crippen LogP) is 2.27. The highest BCUT2D eigenvalue weighted by Crippen LogP contribution is 2.07. The van der Waals surface area contributed by atoms with Gasteiger partial charge in [0.05, 0.1) is 6.54 Å². The quantitative estimate of drug-likeness (QED) is 0.561. The van der Waals surface area contributed by atoms with Crippen LogP contribution in [0, 0.1) is 5.82 Å². The fourth-order valence-electron chi connectivity index (χ4n) is 1.25. The summed E-state index contributed by atoms with van der Waals surface area (Å²) >= 11 is 1.76. The van der Waals surface area contributed by atoms with Gasteiger partial charge in [-0.05, 0) is 24.3 Å². The van der Waals surface area contributed by atoms with E-state index >= 15 is 0 Å². The summed E-state index contributed by atoms with van der Waals surface area (Å²) in [7, 11) is 0. The molecule has 0 fully saturated rings. The average molecular weight is 268 g/mol. The lowest BCUT2D eigenvalue weighted by atomic mass is 10.3. The summed E-state index contributed by atoms with van der Waals surface area (Å²) in [6.07, 6.45) is 1.85. The Morgan fingerprint density at radius 2 is 2.11 bits per heavy atom. The van der Waals surface area contributed by atoms with Gasteiger partial charge in [-0.3, -0.25) is 4.79 Å². The molecule has 0 atom stereocenters. The zero-order chi connectivity index (χ0) is 13.2. The van der Waals surface area contributed by atoms with E-state index in [0.717, 1.165) is 18.1 Å². The summed E-state index contributed by atoms with van der Waals surface area (Å²) in [5.74, 6) is 1.42. The van der Waals surface area contributed by atoms with Crippen molar-refractivity contribution >= 4 is 23.4 Å². The number of nitrogens with one attached hydrogen (secondary N) is 2. The maximum Gasteiger partial charge on any atom is 0.238 e. The first-order valence-electron chi connectivity index (χ1n) is 5.67. The van der Waals surface area contributed by atoms with Crippen molar-refractivity contribution in [3.8, 4) is 0 Å². The highest BCUT2D eigenvalue weighted by Gasteiger charge is 2.01. The van der Waals surface area contributed by atoms with E-state index in [1.807, 2.05) is 6.08 Å². The third kappa shape index (κ3) is 6.42. The molecule has 0 aromatic heterocycles. The van der Waals surface area contributed by atoms with Crippen molar-refractivity contribution in [2.24, 2.45) is 0 Å². The van der Waals surface area contributed by atoms with Gasteiger partial charge in [0.25, 0.3) is 0 Å². The molecule has 0 bridgehead atoms. The van der Waals surface area contributed by atoms with Crippen molar-refractivity contribution in [1.82, 2.24) is 5.32 Å². The van der Waals surface area contributed by atoms with Crippen LogP contribution in [0.1, 0.15) is 0 Å². The van der Waals surface area contributed by atoms with Crippen LogP contribution in [0.4, 0.5) is 10.1 Å². The third-order valence-electron chi connectivity index (χ3n) is 2.07. The number of thioether (sulfide) groups is 1. The second-order valence-electron chi connectivity index (χ2n) is 3.60. The highest BCUT2D eigenvalue weighted by atomic mass is 32.2. The summed E-state index contributed by atoms with van der Waals surface area (Å²) < 4.78 is 12.6. The Kier molecular flexibility index (Phi) is 7.13. The fourth-order valence-corrected chi connectivity index (χ4v) is 1.87. The normalized spacial score (nSPS) is 10.1. The topological polar surface area (TPSA) is 41.1 Å². The number of halogens is 1. The van der Waals surface area contributed by atoms with Gasteiger partial charge in [-0.1, -0.05) is 6.08 Å². The minimum Gasteiger partial charge on any atom is -0.325 e. The lowest BCUT2D eigenvalue weighted by Crippen LogP contribution is -2.29. The molecule has 3 nitrogen and oxygen atoms in total. The maximum atomic E-state index is 12.6. The second-order valence-corrected chi connectivity index (χ2v) is 4.75. The number of carbonyl (C=O) groups is 1. The van der Waals surface area contributed by atoms with Crippen LogP contribution >= 0.6 is 11.8 Å². The van der Waals surface area contributed by atoms with Crippen LogP contribution in [-0.2, 0) is 4.79 Å². The molecule has 0 unspecified atom stereocenters. The Bertz CT molecular complexity index is 381. The Labute approximate surface area is 111 Å². The molecule has 5 heteroatoms. The molecule has 1 aromatic rings. The Morgan fingerprint density at radius 1 is 1.39 bits per heavy atom. The van der Waals surface area contributed by atoms with Crippen LogP contribution in [-0.4, -0.2) is 30.5 Å². The summed E-state index contributed by atoms with van der Waals surface area (Å²) in [6.45, 7) is 4.66. The summed E-state index contributed by atoms with van der Waals surface area (Å²) in [6, 6.07) is 5.70. The van der Waals surface area contributed by atoms with E-state index in [1.54, 1.807) is 11.8 Å². The molecule has 1 rings (SSSR count). The van der Waals surface area contributed by atoms with Crippen molar-refractivity contribution < 1.29 is 9.18 Å². The van der Waals surface area contributed by atoms with Crippen LogP contribution in [0.3, 0.4) is 0 Å². The summed E-state index contributed by atoms with van der Waals surface area (Å²) in [5, 5.41) is 5.71. The van der Waals surface area contributed by atoms with Gasteiger partial charge >= 0.3 is 0 Å². The molecule has 0 aliphatic carbocycles. The lowest BCUT2D eigenvalue weighted by molar-refractivity contribution is -0.115. The van der Waals surface area contributed by atoms with Crippen molar-refractivity contribution in [2.45, 2.75) is 0 Å². The minimum atomic E-state index is -0.314. The van der Waals surface area contributed by atoms with Gasteiger partial charge in [-0.25, -0.2) is 4.39 Å². The molecule has 98 valence electrons. The lowest BCUT2D eigenvalue weighted by Gasteiger charge is -2.06. The maximum absolute atomic E-state index is 12.6. The van der Waals surface area contributed by atoms with Crippen LogP contribution in [0.2, 0.25) is 0 Å². The molecule has 0 saturated heterocycles. The SMILES string of the molecule is C=CCSCCNCC(=O)Nc1ccc(F)cc1. The minimum absolute atomic E-state index is 0.129. The number of hydrogen-bond donors (Lipinski definition) is 2. The van der Waals surface area contributed by atoms with Crippen molar-refractivity contribution in [3.63, 3.8) is 0 Å². The number of amides is 1. The van der Waals surface area contributed by atoms with Gasteiger partial charge < -0.3 is 10.6 Å². The molecule has 1 aromatic carbocycles. The average Bonchev–Trinajstić information content (AvgIpc) is 2.36. The molecule has 2 N–H and O–H groups in total. The number of rotatable bonds is 8. The molecular formula is C13H17FN2OS. The number of anilines is 1. The Morgan fingerprint density at radius 3 is 2.78 bits per heavy atom. The zero-order valence-corrected chi connectivity index (χ0v) is 10.9. The van der Waals surface area contributed by atoms with Gasteiger partial charge in [-0.15, -0.1) is 6.58 Å². The summed E-state index contributed by atoms with van der Waals surface area (Å²) in [4.78, 5) is 11.5. The van der Waals surface area contributed by atoms with E-state index in [9.17, 15) is 9.18 Å². The summed E-state index contributed by atoms with van der Waals surface area (Å²) in [5.41, 5.74) is 0.601. The van der Waals surface area contributed by atoms with Gasteiger partial charge in [0.1, 0.15) is 5.82 Å². The van der Waals surface area contributed by atoms with Gasteiger partial charge in [-0.2, -0.15) is 11.8 Å².